The van der Waals surface area contributed by atoms with Crippen LogP contribution in [0.3, 0.4) is 0 Å². The minimum atomic E-state index is -0.916. The molecule has 0 spiro atoms. The predicted octanol–water partition coefficient (Wildman–Crippen LogP) is 0.174. The number of rotatable bonds is 5. The van der Waals surface area contributed by atoms with Crippen molar-refractivity contribution < 1.29 is 4.79 Å². The lowest BCUT2D eigenvalue weighted by Crippen LogP contribution is -2.49. The van der Waals surface area contributed by atoms with Gasteiger partial charge in [-0.25, -0.2) is 0 Å². The van der Waals surface area contributed by atoms with Crippen LogP contribution < -0.4 is 11.5 Å². The van der Waals surface area contributed by atoms with E-state index in [0.717, 1.165) is 18.7 Å². The van der Waals surface area contributed by atoms with E-state index in [2.05, 4.69) is 5.10 Å². The number of primary amides is 1. The minimum Gasteiger partial charge on any atom is -0.368 e. The van der Waals surface area contributed by atoms with Crippen molar-refractivity contribution in [2.75, 3.05) is 0 Å². The Morgan fingerprint density at radius 3 is 2.80 bits per heavy atom. The van der Waals surface area contributed by atoms with Crippen LogP contribution in [0.2, 0.25) is 0 Å². The number of carbonyl (C=O) groups is 1. The van der Waals surface area contributed by atoms with Crippen molar-refractivity contribution in [3.8, 4) is 0 Å². The molecule has 0 bridgehead atoms. The second-order valence-electron chi connectivity index (χ2n) is 4.08. The predicted molar refractivity (Wildman–Crippen MR) is 58.0 cm³/mol. The van der Waals surface area contributed by atoms with Gasteiger partial charge in [0.05, 0.1) is 5.54 Å². The molecule has 1 atom stereocenters. The number of hydrogen-bond donors (Lipinski definition) is 2. The first kappa shape index (κ1) is 11.7. The molecule has 0 fully saturated rings. The third-order valence-corrected chi connectivity index (χ3v) is 2.56. The van der Waals surface area contributed by atoms with Gasteiger partial charge in [0.25, 0.3) is 0 Å². The summed E-state index contributed by atoms with van der Waals surface area (Å²) in [6, 6.07) is 1.94. The van der Waals surface area contributed by atoms with Crippen LogP contribution in [0.4, 0.5) is 0 Å². The number of nitrogens with zero attached hydrogens (tertiary/aromatic N) is 2. The number of amides is 1. The van der Waals surface area contributed by atoms with E-state index >= 15 is 0 Å². The average molecular weight is 210 g/mol. The average Bonchev–Trinajstić information content (AvgIpc) is 2.51. The van der Waals surface area contributed by atoms with Crippen LogP contribution in [0, 0.1) is 6.92 Å². The summed E-state index contributed by atoms with van der Waals surface area (Å²) >= 11 is 0. The third kappa shape index (κ3) is 3.06. The van der Waals surface area contributed by atoms with Gasteiger partial charge < -0.3 is 11.5 Å². The quantitative estimate of drug-likeness (QED) is 0.726. The monoisotopic (exact) mass is 210 g/mol. The van der Waals surface area contributed by atoms with E-state index in [4.69, 9.17) is 11.5 Å². The van der Waals surface area contributed by atoms with Gasteiger partial charge in [-0.1, -0.05) is 0 Å². The molecule has 0 aliphatic heterocycles. The van der Waals surface area contributed by atoms with Crippen molar-refractivity contribution in [1.29, 1.82) is 0 Å². The van der Waals surface area contributed by atoms with E-state index < -0.39 is 11.4 Å². The van der Waals surface area contributed by atoms with Gasteiger partial charge in [0, 0.05) is 18.4 Å². The summed E-state index contributed by atoms with van der Waals surface area (Å²) in [7, 11) is 0. The lowest BCUT2D eigenvalue weighted by molar-refractivity contribution is -0.122. The maximum Gasteiger partial charge on any atom is 0.237 e. The number of aryl methyl sites for hydroxylation is 2. The summed E-state index contributed by atoms with van der Waals surface area (Å²) in [4.78, 5) is 11.0. The van der Waals surface area contributed by atoms with Gasteiger partial charge in [-0.05, 0) is 32.8 Å². The first-order chi connectivity index (χ1) is 6.93. The van der Waals surface area contributed by atoms with Crippen molar-refractivity contribution in [3.05, 3.63) is 18.0 Å². The van der Waals surface area contributed by atoms with Gasteiger partial charge in [0.2, 0.25) is 5.91 Å². The lowest BCUT2D eigenvalue weighted by Gasteiger charge is -2.20. The molecule has 0 saturated heterocycles. The minimum absolute atomic E-state index is 0.459. The molecule has 0 radical (unpaired) electrons. The van der Waals surface area contributed by atoms with Crippen LogP contribution in [0.1, 0.15) is 25.5 Å². The molecule has 0 aliphatic carbocycles. The molecule has 1 aromatic rings. The van der Waals surface area contributed by atoms with Crippen molar-refractivity contribution in [2.45, 2.75) is 38.8 Å². The van der Waals surface area contributed by atoms with E-state index in [0.29, 0.717) is 6.42 Å². The molecule has 5 heteroatoms. The molecule has 1 unspecified atom stereocenters. The van der Waals surface area contributed by atoms with Crippen LogP contribution in [0.25, 0.3) is 0 Å². The normalized spacial score (nSPS) is 14.9. The van der Waals surface area contributed by atoms with Gasteiger partial charge >= 0.3 is 0 Å². The fraction of sp³-hybridized carbons (Fsp3) is 0.600. The van der Waals surface area contributed by atoms with Crippen LogP contribution in [0.15, 0.2) is 12.3 Å². The molecule has 0 aliphatic rings. The van der Waals surface area contributed by atoms with Crippen molar-refractivity contribution in [2.24, 2.45) is 11.5 Å². The first-order valence-electron chi connectivity index (χ1n) is 5.01. The molecule has 1 rings (SSSR count). The van der Waals surface area contributed by atoms with Gasteiger partial charge in [-0.15, -0.1) is 0 Å². The van der Waals surface area contributed by atoms with Crippen LogP contribution in [0.5, 0.6) is 0 Å². The summed E-state index contributed by atoms with van der Waals surface area (Å²) in [5.41, 5.74) is 11.1. The SMILES string of the molecule is Cc1ccnn1CCCC(C)(N)C(N)=O. The van der Waals surface area contributed by atoms with Crippen LogP contribution in [-0.2, 0) is 11.3 Å². The van der Waals surface area contributed by atoms with E-state index in [1.165, 1.54) is 0 Å². The van der Waals surface area contributed by atoms with Gasteiger partial charge in [0.15, 0.2) is 0 Å². The molecule has 4 N–H and O–H groups in total. The molecular weight excluding hydrogens is 192 g/mol. The van der Waals surface area contributed by atoms with E-state index in [-0.39, 0.29) is 0 Å². The van der Waals surface area contributed by atoms with Gasteiger partial charge in [-0.2, -0.15) is 5.10 Å². The zero-order valence-corrected chi connectivity index (χ0v) is 9.23. The van der Waals surface area contributed by atoms with Gasteiger partial charge in [0.1, 0.15) is 0 Å². The summed E-state index contributed by atoms with van der Waals surface area (Å²) in [5.74, 6) is -0.459. The first-order valence-corrected chi connectivity index (χ1v) is 5.01. The zero-order chi connectivity index (χ0) is 11.5. The van der Waals surface area contributed by atoms with Crippen molar-refractivity contribution in [3.63, 3.8) is 0 Å². The molecule has 5 nitrogen and oxygen atoms in total. The smallest absolute Gasteiger partial charge is 0.237 e. The molecule has 1 heterocycles. The maximum atomic E-state index is 11.0. The molecule has 84 valence electrons. The zero-order valence-electron chi connectivity index (χ0n) is 9.23. The van der Waals surface area contributed by atoms with Crippen LogP contribution >= 0.6 is 0 Å². The molecule has 1 aromatic heterocycles. The van der Waals surface area contributed by atoms with E-state index in [1.807, 2.05) is 17.7 Å². The fourth-order valence-corrected chi connectivity index (χ4v) is 1.35. The molecule has 15 heavy (non-hydrogen) atoms. The topological polar surface area (TPSA) is 86.9 Å². The summed E-state index contributed by atoms with van der Waals surface area (Å²) in [6.07, 6.45) is 3.12. The Bertz CT molecular complexity index is 343. The molecular formula is C10H18N4O. The maximum absolute atomic E-state index is 11.0. The Labute approximate surface area is 89.4 Å². The van der Waals surface area contributed by atoms with Crippen molar-refractivity contribution in [1.82, 2.24) is 9.78 Å². The fourth-order valence-electron chi connectivity index (χ4n) is 1.35. The van der Waals surface area contributed by atoms with Crippen molar-refractivity contribution >= 4 is 5.91 Å². The van der Waals surface area contributed by atoms with E-state index in [1.54, 1.807) is 13.1 Å². The molecule has 1 amide bonds. The Morgan fingerprint density at radius 1 is 1.67 bits per heavy atom. The second-order valence-corrected chi connectivity index (χ2v) is 4.08. The van der Waals surface area contributed by atoms with Crippen LogP contribution in [-0.4, -0.2) is 21.2 Å². The number of nitrogens with two attached hydrogens (primary N) is 2. The molecule has 0 aromatic carbocycles. The highest BCUT2D eigenvalue weighted by Gasteiger charge is 2.24. The number of aromatic nitrogens is 2. The Balaban J connectivity index is 2.40. The highest BCUT2D eigenvalue weighted by molar-refractivity contribution is 5.83. The summed E-state index contributed by atoms with van der Waals surface area (Å²) < 4.78 is 1.89. The number of hydrogen-bond acceptors (Lipinski definition) is 3. The molecule has 0 saturated carbocycles. The Morgan fingerprint density at radius 2 is 2.33 bits per heavy atom. The summed E-state index contributed by atoms with van der Waals surface area (Å²) in [5, 5.41) is 4.14. The standard InChI is InChI=1S/C10H18N4O/c1-8-4-6-13-14(8)7-3-5-10(2,12)9(11)15/h4,6H,3,5,7,12H2,1-2H3,(H2,11,15). The number of carbonyl (C=O) groups excluding carboxylic acids is 1. The highest BCUT2D eigenvalue weighted by atomic mass is 16.1. The third-order valence-electron chi connectivity index (χ3n) is 2.56. The highest BCUT2D eigenvalue weighted by Crippen LogP contribution is 2.09. The largest absolute Gasteiger partial charge is 0.368 e. The Kier molecular flexibility index (Phi) is 3.47. The van der Waals surface area contributed by atoms with E-state index in [9.17, 15) is 4.79 Å². The second kappa shape index (κ2) is 4.44. The van der Waals surface area contributed by atoms with Gasteiger partial charge in [-0.3, -0.25) is 9.48 Å². The lowest BCUT2D eigenvalue weighted by atomic mass is 9.96. The summed E-state index contributed by atoms with van der Waals surface area (Å²) in [6.45, 7) is 4.41. The Hall–Kier alpha value is -1.36.